The number of nitrogens with zero attached hydrogens (tertiary/aromatic N) is 3. The Kier molecular flexibility index (Phi) is 9.10. The summed E-state index contributed by atoms with van der Waals surface area (Å²) in [5, 5.41) is 15.0. The lowest BCUT2D eigenvalue weighted by Gasteiger charge is -2.13. The van der Waals surface area contributed by atoms with Crippen molar-refractivity contribution in [3.05, 3.63) is 32.8 Å². The van der Waals surface area contributed by atoms with Crippen LogP contribution in [0.3, 0.4) is 0 Å². The predicted octanol–water partition coefficient (Wildman–Crippen LogP) is 6.07. The molecule has 178 valence electrons. The molecule has 0 radical (unpaired) electrons. The Morgan fingerprint density at radius 3 is 2.64 bits per heavy atom. The molecule has 0 atom stereocenters. The highest BCUT2D eigenvalue weighted by Crippen LogP contribution is 2.32. The number of aryl methyl sites for hydroxylation is 2. The van der Waals surface area contributed by atoms with Gasteiger partial charge in [0.25, 0.3) is 0 Å². The molecule has 1 N–H and O–H groups in total. The number of aromatic nitrogens is 3. The summed E-state index contributed by atoms with van der Waals surface area (Å²) in [4.78, 5) is 27.3. The summed E-state index contributed by atoms with van der Waals surface area (Å²) in [7, 11) is 0. The van der Waals surface area contributed by atoms with E-state index in [0.717, 1.165) is 35.5 Å². The van der Waals surface area contributed by atoms with Crippen molar-refractivity contribution >= 4 is 51.3 Å². The van der Waals surface area contributed by atoms with E-state index in [1.807, 2.05) is 6.92 Å². The zero-order valence-corrected chi connectivity index (χ0v) is 22.1. The Morgan fingerprint density at radius 1 is 1.18 bits per heavy atom. The molecule has 7 nitrogen and oxygen atoms in total. The molecule has 0 spiro atoms. The fourth-order valence-electron chi connectivity index (χ4n) is 3.28. The monoisotopic (exact) mass is 506 g/mol. The minimum absolute atomic E-state index is 0.148. The third-order valence-electron chi connectivity index (χ3n) is 4.80. The molecular formula is C23H30N4O3S3. The molecule has 1 amide bonds. The Bertz CT molecular complexity index is 1100. The van der Waals surface area contributed by atoms with Gasteiger partial charge in [0.05, 0.1) is 17.9 Å². The van der Waals surface area contributed by atoms with Crippen LogP contribution in [0.4, 0.5) is 5.00 Å². The van der Waals surface area contributed by atoms with Gasteiger partial charge in [-0.25, -0.2) is 4.79 Å². The zero-order chi connectivity index (χ0) is 24.0. The number of anilines is 1. The Morgan fingerprint density at radius 2 is 1.97 bits per heavy atom. The summed E-state index contributed by atoms with van der Waals surface area (Å²) in [6.45, 7) is 10.4. The van der Waals surface area contributed by atoms with Crippen LogP contribution in [-0.2, 0) is 22.4 Å². The summed E-state index contributed by atoms with van der Waals surface area (Å²) in [6.07, 6.45) is 2.94. The van der Waals surface area contributed by atoms with Crippen LogP contribution in [0.2, 0.25) is 0 Å². The molecule has 0 aliphatic heterocycles. The molecule has 0 fully saturated rings. The fourth-order valence-corrected chi connectivity index (χ4v) is 6.11. The summed E-state index contributed by atoms with van der Waals surface area (Å²) in [6, 6.07) is 4.12. The number of rotatable bonds is 11. The van der Waals surface area contributed by atoms with Crippen LogP contribution in [-0.4, -0.2) is 39.0 Å². The van der Waals surface area contributed by atoms with Gasteiger partial charge < -0.3 is 10.1 Å². The minimum atomic E-state index is -0.418. The van der Waals surface area contributed by atoms with Crippen molar-refractivity contribution in [2.24, 2.45) is 0 Å². The number of thioether (sulfide) groups is 1. The first-order valence-electron chi connectivity index (χ1n) is 11.1. The Balaban J connectivity index is 1.72. The van der Waals surface area contributed by atoms with Gasteiger partial charge in [0.15, 0.2) is 11.0 Å². The summed E-state index contributed by atoms with van der Waals surface area (Å²) >= 11 is 4.49. The third kappa shape index (κ3) is 6.24. The lowest BCUT2D eigenvalue weighted by Crippen LogP contribution is -2.16. The molecule has 33 heavy (non-hydrogen) atoms. The van der Waals surface area contributed by atoms with Crippen molar-refractivity contribution in [1.82, 2.24) is 14.8 Å². The maximum atomic E-state index is 12.7. The summed E-state index contributed by atoms with van der Waals surface area (Å²) in [5.74, 6) is 0.369. The van der Waals surface area contributed by atoms with Crippen molar-refractivity contribution < 1.29 is 14.3 Å². The van der Waals surface area contributed by atoms with E-state index in [4.69, 9.17) is 4.74 Å². The molecule has 0 saturated carbocycles. The Hall–Kier alpha value is -2.17. The van der Waals surface area contributed by atoms with Gasteiger partial charge in [0.1, 0.15) is 5.00 Å². The van der Waals surface area contributed by atoms with Crippen LogP contribution in [0.5, 0.6) is 0 Å². The molecule has 10 heteroatoms. The number of nitrogens with one attached hydrogen (secondary N) is 1. The van der Waals surface area contributed by atoms with Crippen molar-refractivity contribution in [2.45, 2.75) is 65.1 Å². The Labute approximate surface area is 207 Å². The predicted molar refractivity (Wildman–Crippen MR) is 137 cm³/mol. The van der Waals surface area contributed by atoms with E-state index >= 15 is 0 Å². The van der Waals surface area contributed by atoms with Crippen molar-refractivity contribution in [3.8, 4) is 11.4 Å². The van der Waals surface area contributed by atoms with E-state index in [-0.39, 0.29) is 24.3 Å². The highest BCUT2D eigenvalue weighted by atomic mass is 32.2. The first-order valence-corrected chi connectivity index (χ1v) is 13.8. The van der Waals surface area contributed by atoms with E-state index in [2.05, 4.69) is 52.3 Å². The van der Waals surface area contributed by atoms with E-state index in [1.54, 1.807) is 24.3 Å². The van der Waals surface area contributed by atoms with Crippen LogP contribution >= 0.6 is 34.4 Å². The molecule has 3 aromatic rings. The lowest BCUT2D eigenvalue weighted by atomic mass is 10.2. The number of hydrogen-bond donors (Lipinski definition) is 1. The highest BCUT2D eigenvalue weighted by molar-refractivity contribution is 7.99. The van der Waals surface area contributed by atoms with Crippen LogP contribution in [0, 0.1) is 0 Å². The highest BCUT2D eigenvalue weighted by Gasteiger charge is 2.21. The van der Waals surface area contributed by atoms with Gasteiger partial charge in [-0.1, -0.05) is 32.0 Å². The van der Waals surface area contributed by atoms with Crippen LogP contribution in [0.15, 0.2) is 22.7 Å². The third-order valence-corrected chi connectivity index (χ3v) is 7.94. The van der Waals surface area contributed by atoms with E-state index in [0.29, 0.717) is 15.7 Å². The summed E-state index contributed by atoms with van der Waals surface area (Å²) in [5.41, 5.74) is 1.47. The number of thiophene rings is 2. The van der Waals surface area contributed by atoms with Gasteiger partial charge in [0, 0.05) is 26.7 Å². The topological polar surface area (TPSA) is 86.1 Å². The SMILES string of the molecule is CCCc1cc(-c2nnc(SCC(=O)Nc3sc(CC)cc3C(=O)OCC)n2C(C)C)cs1. The van der Waals surface area contributed by atoms with E-state index < -0.39 is 5.97 Å². The summed E-state index contributed by atoms with van der Waals surface area (Å²) < 4.78 is 7.20. The van der Waals surface area contributed by atoms with Crippen LogP contribution < -0.4 is 5.32 Å². The van der Waals surface area contributed by atoms with Crippen molar-refractivity contribution in [1.29, 1.82) is 0 Å². The number of carbonyl (C=O) groups is 2. The number of esters is 1. The molecule has 0 aromatic carbocycles. The first-order chi connectivity index (χ1) is 15.9. The smallest absolute Gasteiger partial charge is 0.341 e. The van der Waals surface area contributed by atoms with Gasteiger partial charge in [-0.15, -0.1) is 32.9 Å². The standard InChI is InChI=1S/C23H30N4O3S3/c1-6-9-17-10-15(12-31-17)20-25-26-23(27(20)14(4)5)32-13-19(28)24-21-18(22(29)30-8-3)11-16(7-2)33-21/h10-12,14H,6-9,13H2,1-5H3,(H,24,28). The lowest BCUT2D eigenvalue weighted by molar-refractivity contribution is -0.113. The second kappa shape index (κ2) is 11.8. The maximum absolute atomic E-state index is 12.7. The molecule has 0 aliphatic rings. The number of ether oxygens (including phenoxy) is 1. The molecule has 0 unspecified atom stereocenters. The molecule has 3 rings (SSSR count). The van der Waals surface area contributed by atoms with Crippen LogP contribution in [0.1, 0.15) is 67.2 Å². The van der Waals surface area contributed by atoms with Gasteiger partial charge in [-0.2, -0.15) is 0 Å². The average molecular weight is 507 g/mol. The first kappa shape index (κ1) is 25.5. The van der Waals surface area contributed by atoms with E-state index in [9.17, 15) is 9.59 Å². The quantitative estimate of drug-likeness (QED) is 0.251. The molecular weight excluding hydrogens is 476 g/mol. The minimum Gasteiger partial charge on any atom is -0.462 e. The zero-order valence-electron chi connectivity index (χ0n) is 19.6. The van der Waals surface area contributed by atoms with Crippen LogP contribution in [0.25, 0.3) is 11.4 Å². The van der Waals surface area contributed by atoms with Gasteiger partial charge in [-0.3, -0.25) is 9.36 Å². The largest absolute Gasteiger partial charge is 0.462 e. The molecule has 0 aliphatic carbocycles. The van der Waals surface area contributed by atoms with Crippen molar-refractivity contribution in [2.75, 3.05) is 17.7 Å². The fraction of sp³-hybridized carbons (Fsp3) is 0.478. The number of carbonyl (C=O) groups excluding carboxylic acids is 2. The van der Waals surface area contributed by atoms with Gasteiger partial charge >= 0.3 is 5.97 Å². The number of amides is 1. The second-order valence-electron chi connectivity index (χ2n) is 7.69. The van der Waals surface area contributed by atoms with Gasteiger partial charge in [0.2, 0.25) is 5.91 Å². The molecule has 3 heterocycles. The average Bonchev–Trinajstić information content (AvgIpc) is 3.50. The van der Waals surface area contributed by atoms with E-state index in [1.165, 1.54) is 28.0 Å². The van der Waals surface area contributed by atoms with Gasteiger partial charge in [-0.05, 0) is 45.7 Å². The molecule has 0 saturated heterocycles. The van der Waals surface area contributed by atoms with Crippen molar-refractivity contribution in [3.63, 3.8) is 0 Å². The molecule has 3 aromatic heterocycles. The second-order valence-corrected chi connectivity index (χ2v) is 10.8. The normalized spacial score (nSPS) is 11.2. The molecule has 0 bridgehead atoms. The maximum Gasteiger partial charge on any atom is 0.341 e. The number of hydrogen-bond acceptors (Lipinski definition) is 8.